The van der Waals surface area contributed by atoms with Crippen LogP contribution in [0.15, 0.2) is 67.0 Å². The van der Waals surface area contributed by atoms with Crippen LogP contribution >= 0.6 is 0 Å². The third-order valence-corrected chi connectivity index (χ3v) is 5.36. The smallest absolute Gasteiger partial charge is 0.252 e. The van der Waals surface area contributed by atoms with Gasteiger partial charge in [-0.2, -0.15) is 0 Å². The first kappa shape index (κ1) is 18.9. The van der Waals surface area contributed by atoms with E-state index in [-0.39, 0.29) is 23.8 Å². The molecular weight excluding hydrogens is 364 g/mol. The van der Waals surface area contributed by atoms with Crippen molar-refractivity contribution < 1.29 is 9.59 Å². The highest BCUT2D eigenvalue weighted by molar-refractivity contribution is 5.98. The minimum atomic E-state index is -0.380. The number of hydrogen-bond donors (Lipinski definition) is 2. The van der Waals surface area contributed by atoms with Crippen LogP contribution in [0.5, 0.6) is 0 Å². The van der Waals surface area contributed by atoms with Crippen LogP contribution in [0.3, 0.4) is 0 Å². The van der Waals surface area contributed by atoms with E-state index in [4.69, 9.17) is 0 Å². The Kier molecular flexibility index (Phi) is 5.16. The Morgan fingerprint density at radius 3 is 2.55 bits per heavy atom. The molecule has 2 aromatic carbocycles. The average molecular weight is 388 g/mol. The fourth-order valence-corrected chi connectivity index (χ4v) is 3.47. The molecular formula is C23H24N4O2. The molecule has 6 heteroatoms. The molecule has 0 radical (unpaired) electrons. The quantitative estimate of drug-likeness (QED) is 0.678. The fraction of sp³-hybridized carbons (Fsp3) is 0.261. The zero-order chi connectivity index (χ0) is 20.4. The second-order valence-electron chi connectivity index (χ2n) is 7.60. The van der Waals surface area contributed by atoms with Crippen LogP contribution < -0.4 is 10.6 Å². The molecule has 6 nitrogen and oxygen atoms in total. The molecule has 2 N–H and O–H groups in total. The zero-order valence-corrected chi connectivity index (χ0v) is 16.5. The lowest BCUT2D eigenvalue weighted by atomic mass is 10.1. The number of carbonyl (C=O) groups is 2. The van der Waals surface area contributed by atoms with Crippen molar-refractivity contribution in [3.05, 3.63) is 83.9 Å². The number of amides is 2. The first-order valence-corrected chi connectivity index (χ1v) is 9.77. The third-order valence-electron chi connectivity index (χ3n) is 5.36. The van der Waals surface area contributed by atoms with Crippen LogP contribution in [0.2, 0.25) is 0 Å². The fourth-order valence-electron chi connectivity index (χ4n) is 3.47. The van der Waals surface area contributed by atoms with E-state index in [1.54, 1.807) is 30.5 Å². The number of rotatable bonds is 6. The summed E-state index contributed by atoms with van der Waals surface area (Å²) in [6.45, 7) is 2.06. The maximum atomic E-state index is 13.0. The van der Waals surface area contributed by atoms with Gasteiger partial charge in [-0.25, -0.2) is 4.98 Å². The summed E-state index contributed by atoms with van der Waals surface area (Å²) in [5, 5.41) is 6.00. The lowest BCUT2D eigenvalue weighted by Crippen LogP contribution is -2.31. The highest BCUT2D eigenvalue weighted by atomic mass is 16.2. The Labute approximate surface area is 170 Å². The highest BCUT2D eigenvalue weighted by Gasteiger charge is 2.39. The predicted molar refractivity (Wildman–Crippen MR) is 111 cm³/mol. The van der Waals surface area contributed by atoms with Gasteiger partial charge in [-0.3, -0.25) is 9.59 Å². The van der Waals surface area contributed by atoms with E-state index in [9.17, 15) is 9.59 Å². The summed E-state index contributed by atoms with van der Waals surface area (Å²) in [6, 6.07) is 16.4. The van der Waals surface area contributed by atoms with E-state index in [0.29, 0.717) is 17.2 Å². The van der Waals surface area contributed by atoms with Gasteiger partial charge in [0.2, 0.25) is 5.91 Å². The molecule has 1 aromatic heterocycles. The van der Waals surface area contributed by atoms with Gasteiger partial charge in [-0.15, -0.1) is 0 Å². The van der Waals surface area contributed by atoms with Crippen LogP contribution in [-0.2, 0) is 11.8 Å². The molecule has 0 aliphatic heterocycles. The minimum Gasteiger partial charge on any atom is -0.338 e. The van der Waals surface area contributed by atoms with Crippen molar-refractivity contribution in [2.24, 2.45) is 18.9 Å². The number of nitrogens with one attached hydrogen (secondary N) is 2. The van der Waals surface area contributed by atoms with Crippen molar-refractivity contribution >= 4 is 17.5 Å². The highest BCUT2D eigenvalue weighted by Crippen LogP contribution is 2.38. The number of carbonyl (C=O) groups excluding carboxylic acids is 2. The largest absolute Gasteiger partial charge is 0.338 e. The Morgan fingerprint density at radius 2 is 1.90 bits per heavy atom. The van der Waals surface area contributed by atoms with Crippen LogP contribution in [0, 0.1) is 11.8 Å². The molecule has 0 spiro atoms. The summed E-state index contributed by atoms with van der Waals surface area (Å²) in [7, 11) is 1.90. The summed E-state index contributed by atoms with van der Waals surface area (Å²) in [6.07, 6.45) is 4.49. The second kappa shape index (κ2) is 7.91. The number of nitrogens with zero attached hydrogens (tertiary/aromatic N) is 2. The summed E-state index contributed by atoms with van der Waals surface area (Å²) >= 11 is 0. The molecule has 1 heterocycles. The average Bonchev–Trinajstić information content (AvgIpc) is 3.32. The maximum absolute atomic E-state index is 13.0. The van der Waals surface area contributed by atoms with Crippen LogP contribution in [-0.4, -0.2) is 21.4 Å². The number of aromatic nitrogens is 2. The number of benzene rings is 2. The van der Waals surface area contributed by atoms with E-state index in [1.807, 2.05) is 48.1 Å². The first-order valence-electron chi connectivity index (χ1n) is 9.77. The molecule has 3 aromatic rings. The molecule has 3 unspecified atom stereocenters. The summed E-state index contributed by atoms with van der Waals surface area (Å²) in [4.78, 5) is 29.6. The first-order chi connectivity index (χ1) is 14.0. The van der Waals surface area contributed by atoms with Crippen molar-refractivity contribution in [1.82, 2.24) is 14.9 Å². The third kappa shape index (κ3) is 4.21. The molecule has 1 aliphatic rings. The number of hydrogen-bond acceptors (Lipinski definition) is 3. The molecule has 1 fully saturated rings. The van der Waals surface area contributed by atoms with Crippen LogP contribution in [0.25, 0.3) is 0 Å². The standard InChI is InChI=1S/C23H24N4O2/c1-15-13-19(15)23(29)25-18-10-6-9-17(14-18)22(28)26-20(16-7-4-3-5-8-16)21-24-11-12-27(21)2/h3-12,14-15,19-20H,13H2,1-2H3,(H,25,29)(H,26,28). The molecule has 29 heavy (non-hydrogen) atoms. The molecule has 4 rings (SSSR count). The van der Waals surface area contributed by atoms with Gasteiger partial charge in [0.1, 0.15) is 11.9 Å². The van der Waals surface area contributed by atoms with Gasteiger partial charge >= 0.3 is 0 Å². The predicted octanol–water partition coefficient (Wildman–Crippen LogP) is 3.53. The van der Waals surface area contributed by atoms with Crippen molar-refractivity contribution in [2.45, 2.75) is 19.4 Å². The lowest BCUT2D eigenvalue weighted by molar-refractivity contribution is -0.117. The van der Waals surface area contributed by atoms with E-state index < -0.39 is 0 Å². The zero-order valence-electron chi connectivity index (χ0n) is 16.5. The van der Waals surface area contributed by atoms with Crippen molar-refractivity contribution in [3.63, 3.8) is 0 Å². The van der Waals surface area contributed by atoms with Gasteiger partial charge in [0, 0.05) is 36.6 Å². The van der Waals surface area contributed by atoms with Crippen molar-refractivity contribution in [2.75, 3.05) is 5.32 Å². The van der Waals surface area contributed by atoms with Crippen molar-refractivity contribution in [3.8, 4) is 0 Å². The van der Waals surface area contributed by atoms with Gasteiger partial charge < -0.3 is 15.2 Å². The van der Waals surface area contributed by atoms with Gasteiger partial charge in [0.25, 0.3) is 5.91 Å². The number of imidazole rings is 1. The van der Waals surface area contributed by atoms with Crippen LogP contribution in [0.4, 0.5) is 5.69 Å². The summed E-state index contributed by atoms with van der Waals surface area (Å²) in [5.74, 6) is 1.06. The molecule has 0 saturated heterocycles. The Bertz CT molecular complexity index is 1030. The summed E-state index contributed by atoms with van der Waals surface area (Å²) in [5.41, 5.74) is 2.07. The molecule has 3 atom stereocenters. The number of aryl methyl sites for hydroxylation is 1. The normalized spacial score (nSPS) is 18.7. The molecule has 0 bridgehead atoms. The van der Waals surface area contributed by atoms with Gasteiger partial charge in [-0.1, -0.05) is 43.3 Å². The minimum absolute atomic E-state index is 0.0187. The Morgan fingerprint density at radius 1 is 1.14 bits per heavy atom. The van der Waals surface area contributed by atoms with Crippen molar-refractivity contribution in [1.29, 1.82) is 0 Å². The van der Waals surface area contributed by atoms with Gasteiger partial charge in [0.15, 0.2) is 0 Å². The van der Waals surface area contributed by atoms with E-state index >= 15 is 0 Å². The molecule has 148 valence electrons. The Balaban J connectivity index is 1.54. The second-order valence-corrected chi connectivity index (χ2v) is 7.60. The van der Waals surface area contributed by atoms with Gasteiger partial charge in [-0.05, 0) is 36.1 Å². The van der Waals surface area contributed by atoms with Crippen LogP contribution in [0.1, 0.15) is 41.1 Å². The van der Waals surface area contributed by atoms with Gasteiger partial charge in [0.05, 0.1) is 0 Å². The topological polar surface area (TPSA) is 76.0 Å². The molecule has 1 saturated carbocycles. The van der Waals surface area contributed by atoms with E-state index in [2.05, 4.69) is 22.5 Å². The summed E-state index contributed by atoms with van der Waals surface area (Å²) < 4.78 is 1.89. The lowest BCUT2D eigenvalue weighted by Gasteiger charge is -2.19. The number of anilines is 1. The molecule has 1 aliphatic carbocycles. The Hall–Kier alpha value is -3.41. The molecule has 2 amide bonds. The van der Waals surface area contributed by atoms with E-state index in [0.717, 1.165) is 17.8 Å². The SMILES string of the molecule is CC1CC1C(=O)Nc1cccc(C(=O)NC(c2ccccc2)c2nccn2C)c1. The maximum Gasteiger partial charge on any atom is 0.252 e. The monoisotopic (exact) mass is 388 g/mol. The van der Waals surface area contributed by atoms with E-state index in [1.165, 1.54) is 0 Å².